The number of phenolic OH excluding ortho intramolecular Hbond substituents is 1. The molecule has 1 N–H and O–H groups in total. The number of hydrogen-bond acceptors (Lipinski definition) is 4. The average Bonchev–Trinajstić information content (AvgIpc) is 3.38. The molecule has 6 heteroatoms. The molecule has 2 heterocycles. The second-order valence-corrected chi connectivity index (χ2v) is 11.3. The second kappa shape index (κ2) is 9.98. The molecule has 0 unspecified atom stereocenters. The van der Waals surface area contributed by atoms with Gasteiger partial charge in [0.2, 0.25) is 11.8 Å². The van der Waals surface area contributed by atoms with Crippen molar-refractivity contribution < 1.29 is 19.4 Å². The van der Waals surface area contributed by atoms with Crippen molar-refractivity contribution in [2.45, 2.75) is 39.2 Å². The number of hydrogen-bond donors (Lipinski definition) is 1. The third-order valence-corrected chi connectivity index (χ3v) is 8.49. The Morgan fingerprint density at radius 2 is 1.89 bits per heavy atom. The Balaban J connectivity index is 1.46. The van der Waals surface area contributed by atoms with Crippen LogP contribution in [0.25, 0.3) is 11.6 Å². The highest BCUT2D eigenvalue weighted by Gasteiger charge is 2.56. The van der Waals surface area contributed by atoms with Crippen LogP contribution in [0.15, 0.2) is 64.1 Å². The number of fused-ring (bicyclic) bond motifs is 3. The summed E-state index contributed by atoms with van der Waals surface area (Å²) in [5, 5.41) is 10.5. The topological polar surface area (TPSA) is 66.8 Å². The van der Waals surface area contributed by atoms with Gasteiger partial charge in [-0.3, -0.25) is 14.5 Å². The van der Waals surface area contributed by atoms with Crippen LogP contribution in [0.4, 0.5) is 0 Å². The van der Waals surface area contributed by atoms with E-state index in [2.05, 4.69) is 41.9 Å². The maximum atomic E-state index is 13.0. The Morgan fingerprint density at radius 1 is 1.14 bits per heavy atom. The summed E-state index contributed by atoms with van der Waals surface area (Å²) in [7, 11) is 1.61. The van der Waals surface area contributed by atoms with Gasteiger partial charge in [-0.25, -0.2) is 0 Å². The molecule has 3 aliphatic rings. The first-order chi connectivity index (χ1) is 17.3. The predicted molar refractivity (Wildman–Crippen MR) is 144 cm³/mol. The minimum absolute atomic E-state index is 0.0224. The standard InChI is InChI=1S/C30H32BrNO4/c1-17(2)22-15-23-28(30(35)32(3)29(23)34)24-16-36-26(27(22)24)12-9-19(18-7-5-4-6-8-18)13-20-14-21(31)10-11-25(20)33/h4-8,10-11,13-14,17,23-24,26,28,33H,9,12,15-16H2,1-3H3/b19-13-/t23-,24+,26-,28-/m1/s1. The van der Waals surface area contributed by atoms with Gasteiger partial charge in [-0.2, -0.15) is 0 Å². The van der Waals surface area contributed by atoms with Crippen molar-refractivity contribution in [2.24, 2.45) is 23.7 Å². The highest BCUT2D eigenvalue weighted by Crippen LogP contribution is 2.51. The maximum Gasteiger partial charge on any atom is 0.233 e. The van der Waals surface area contributed by atoms with Crippen LogP contribution < -0.4 is 0 Å². The molecule has 188 valence electrons. The number of likely N-dealkylation sites (tertiary alicyclic amines) is 1. The minimum atomic E-state index is -0.298. The van der Waals surface area contributed by atoms with E-state index >= 15 is 0 Å². The summed E-state index contributed by atoms with van der Waals surface area (Å²) in [5.41, 5.74) is 5.51. The molecule has 0 radical (unpaired) electrons. The van der Waals surface area contributed by atoms with E-state index in [9.17, 15) is 14.7 Å². The van der Waals surface area contributed by atoms with Crippen molar-refractivity contribution in [1.29, 1.82) is 0 Å². The number of amides is 2. The number of benzene rings is 2. The largest absolute Gasteiger partial charge is 0.507 e. The zero-order valence-corrected chi connectivity index (χ0v) is 22.5. The molecule has 1 aliphatic carbocycles. The lowest BCUT2D eigenvalue weighted by Gasteiger charge is -2.33. The summed E-state index contributed by atoms with van der Waals surface area (Å²) in [5.74, 6) is -0.151. The van der Waals surface area contributed by atoms with Crippen molar-refractivity contribution in [2.75, 3.05) is 13.7 Å². The van der Waals surface area contributed by atoms with Gasteiger partial charge in [0.15, 0.2) is 0 Å². The number of phenols is 1. The lowest BCUT2D eigenvalue weighted by Crippen LogP contribution is -2.34. The fourth-order valence-corrected chi connectivity index (χ4v) is 6.56. The zero-order chi connectivity index (χ0) is 25.6. The van der Waals surface area contributed by atoms with E-state index in [0.717, 1.165) is 34.0 Å². The average molecular weight is 550 g/mol. The number of carbonyl (C=O) groups is 2. The van der Waals surface area contributed by atoms with E-state index in [1.807, 2.05) is 36.4 Å². The first-order valence-corrected chi connectivity index (χ1v) is 13.5. The van der Waals surface area contributed by atoms with E-state index in [-0.39, 0.29) is 41.4 Å². The molecule has 36 heavy (non-hydrogen) atoms. The highest BCUT2D eigenvalue weighted by atomic mass is 79.9. The molecule has 2 aromatic rings. The lowest BCUT2D eigenvalue weighted by atomic mass is 9.67. The number of imide groups is 1. The SMILES string of the molecule is CC(C)C1=C2[C@@H](CC/C(=C/c3cc(Br)ccc3O)c3ccccc3)OC[C@@H]2[C@@H]2C(=O)N(C)C(=O)[C@@H]2C1. The van der Waals surface area contributed by atoms with Crippen LogP contribution >= 0.6 is 15.9 Å². The molecule has 4 atom stereocenters. The Labute approximate surface area is 221 Å². The van der Waals surface area contributed by atoms with Crippen molar-refractivity contribution in [1.82, 2.24) is 4.90 Å². The van der Waals surface area contributed by atoms with Gasteiger partial charge in [-0.15, -0.1) is 0 Å². The Hall–Kier alpha value is -2.70. The molecule has 0 saturated carbocycles. The number of carbonyl (C=O) groups excluding carboxylic acids is 2. The van der Waals surface area contributed by atoms with E-state index in [0.29, 0.717) is 18.9 Å². The molecule has 5 rings (SSSR count). The van der Waals surface area contributed by atoms with E-state index in [4.69, 9.17) is 4.74 Å². The van der Waals surface area contributed by atoms with E-state index in [1.54, 1.807) is 13.1 Å². The van der Waals surface area contributed by atoms with Gasteiger partial charge >= 0.3 is 0 Å². The summed E-state index contributed by atoms with van der Waals surface area (Å²) in [6.07, 6.45) is 4.14. The molecule has 2 aromatic carbocycles. The van der Waals surface area contributed by atoms with Crippen LogP contribution in [0.2, 0.25) is 0 Å². The fraction of sp³-hybridized carbons (Fsp3) is 0.400. The molecule has 2 fully saturated rings. The summed E-state index contributed by atoms with van der Waals surface area (Å²) in [4.78, 5) is 27.1. The number of rotatable bonds is 6. The predicted octanol–water partition coefficient (Wildman–Crippen LogP) is 6.08. The van der Waals surface area contributed by atoms with Crippen LogP contribution in [-0.2, 0) is 14.3 Å². The quantitative estimate of drug-likeness (QED) is 0.269. The summed E-state index contributed by atoms with van der Waals surface area (Å²) in [6.45, 7) is 4.83. The summed E-state index contributed by atoms with van der Waals surface area (Å²) in [6, 6.07) is 15.6. The minimum Gasteiger partial charge on any atom is -0.507 e. The Morgan fingerprint density at radius 3 is 2.61 bits per heavy atom. The van der Waals surface area contributed by atoms with Crippen LogP contribution in [0, 0.1) is 23.7 Å². The zero-order valence-electron chi connectivity index (χ0n) is 20.9. The van der Waals surface area contributed by atoms with Gasteiger partial charge in [0.25, 0.3) is 0 Å². The molecule has 2 saturated heterocycles. The monoisotopic (exact) mass is 549 g/mol. The second-order valence-electron chi connectivity index (χ2n) is 10.4. The van der Waals surface area contributed by atoms with Gasteiger partial charge in [-0.05, 0) is 66.2 Å². The summed E-state index contributed by atoms with van der Waals surface area (Å²) >= 11 is 3.51. The van der Waals surface area contributed by atoms with Crippen molar-refractivity contribution in [3.63, 3.8) is 0 Å². The van der Waals surface area contributed by atoms with Crippen molar-refractivity contribution >= 4 is 39.4 Å². The number of allylic oxidation sites excluding steroid dienone is 2. The van der Waals surface area contributed by atoms with Gasteiger partial charge < -0.3 is 9.84 Å². The number of halogens is 1. The van der Waals surface area contributed by atoms with Crippen molar-refractivity contribution in [3.8, 4) is 5.75 Å². The third-order valence-electron chi connectivity index (χ3n) is 8.00. The van der Waals surface area contributed by atoms with E-state index in [1.165, 1.54) is 16.0 Å². The van der Waals surface area contributed by atoms with Crippen LogP contribution in [-0.4, -0.2) is 41.6 Å². The fourth-order valence-electron chi connectivity index (χ4n) is 6.18. The molecule has 0 aromatic heterocycles. The third kappa shape index (κ3) is 4.46. The molecule has 2 aliphatic heterocycles. The number of aromatic hydroxyl groups is 1. The van der Waals surface area contributed by atoms with Crippen LogP contribution in [0.1, 0.15) is 44.2 Å². The first-order valence-electron chi connectivity index (χ1n) is 12.7. The van der Waals surface area contributed by atoms with Crippen LogP contribution in [0.3, 0.4) is 0 Å². The van der Waals surface area contributed by atoms with Gasteiger partial charge in [0.05, 0.1) is 24.5 Å². The van der Waals surface area contributed by atoms with Gasteiger partial charge in [0, 0.05) is 23.0 Å². The highest BCUT2D eigenvalue weighted by molar-refractivity contribution is 9.10. The van der Waals surface area contributed by atoms with Crippen molar-refractivity contribution in [3.05, 3.63) is 75.3 Å². The molecule has 0 bridgehead atoms. The number of nitrogens with zero attached hydrogens (tertiary/aromatic N) is 1. The first kappa shape index (κ1) is 25.0. The van der Waals surface area contributed by atoms with Gasteiger partial charge in [-0.1, -0.05) is 65.7 Å². The lowest BCUT2D eigenvalue weighted by molar-refractivity contribution is -0.138. The maximum absolute atomic E-state index is 13.0. The number of ether oxygens (including phenoxy) is 1. The molecular weight excluding hydrogens is 518 g/mol. The normalized spacial score (nSPS) is 26.1. The smallest absolute Gasteiger partial charge is 0.233 e. The van der Waals surface area contributed by atoms with Gasteiger partial charge in [0.1, 0.15) is 5.75 Å². The Bertz CT molecular complexity index is 1250. The molecule has 5 nitrogen and oxygen atoms in total. The van der Waals surface area contributed by atoms with Crippen LogP contribution in [0.5, 0.6) is 5.75 Å². The molecular formula is C30H32BrNO4. The molecule has 2 amide bonds. The van der Waals surface area contributed by atoms with E-state index < -0.39 is 0 Å². The summed E-state index contributed by atoms with van der Waals surface area (Å²) < 4.78 is 7.27. The Kier molecular flexibility index (Phi) is 6.92. The molecule has 0 spiro atoms.